The monoisotopic (exact) mass is 805 g/mol. The molecule has 2 fully saturated rings. The lowest BCUT2D eigenvalue weighted by Gasteiger charge is -2.25. The number of likely N-dealkylation sites (tertiary alicyclic amines) is 1. The molecule has 1 spiro atoms. The van der Waals surface area contributed by atoms with Crippen LogP contribution in [0.25, 0.3) is 22.0 Å². The van der Waals surface area contributed by atoms with Crippen LogP contribution >= 0.6 is 0 Å². The quantitative estimate of drug-likeness (QED) is 0.107. The summed E-state index contributed by atoms with van der Waals surface area (Å²) in [6, 6.07) is 0.752. The van der Waals surface area contributed by atoms with Crippen LogP contribution in [0, 0.1) is 30.0 Å². The van der Waals surface area contributed by atoms with E-state index in [0.717, 1.165) is 57.4 Å². The molecule has 3 atom stereocenters. The predicted octanol–water partition coefficient (Wildman–Crippen LogP) is 12.0. The number of allylic oxidation sites excluding steroid dienone is 7. The molecule has 2 heterocycles. The highest BCUT2D eigenvalue weighted by Crippen LogP contribution is 2.54. The second-order valence-electron chi connectivity index (χ2n) is 16.8. The summed E-state index contributed by atoms with van der Waals surface area (Å²) in [5, 5.41) is 10.3. The zero-order valence-electron chi connectivity index (χ0n) is 34.7. The molecule has 1 aliphatic carbocycles. The van der Waals surface area contributed by atoms with Crippen molar-refractivity contribution in [2.24, 2.45) is 23.0 Å². The summed E-state index contributed by atoms with van der Waals surface area (Å²) in [5.41, 5.74) is 0.317. The molecule has 1 aromatic heterocycles. The third-order valence-corrected chi connectivity index (χ3v) is 11.6. The third kappa shape index (κ3) is 10.6. The standard InChI is InChI=1S/C45H58F7N3O2/c1-12-31(19-32(25(3)4)15-14-26(5)21-42(10,56)13-2)36-30(9)41(57-23-33-22-43(16-17-43)24-55(33)11)54-40-34(36)20-35(44(47,48)49)37(39(40)46)29(8)38(45(50,51)52)27(6)18-28(7)53/h13,18-21,25,32-33,56H,2,7,12,14-17,22-24,53H2,1,3-6,8-11H3/b26-21-,27-18-,31-19-,38-29-/t32-,33-,42?/m0/s1. The largest absolute Gasteiger partial charge is 0.476 e. The van der Waals surface area contributed by atoms with Gasteiger partial charge in [0.05, 0.1) is 16.7 Å². The minimum Gasteiger partial charge on any atom is -0.476 e. The summed E-state index contributed by atoms with van der Waals surface area (Å²) < 4.78 is 113. The molecule has 1 aliphatic heterocycles. The van der Waals surface area contributed by atoms with Crippen molar-refractivity contribution in [3.8, 4) is 5.88 Å². The minimum absolute atomic E-state index is 0.00585. The SMILES string of the molecule is C=CC(C)(O)/C=C(/C)CC[C@@H](/C=C(/CC)c1c(C)c(OC[C@@H]2CC3(CC3)CN2C)nc2c(F)c(/C(C)=C(/C(C)=C\C(=C)N)C(F)(F)F)c(C(F)(F)F)cc12)C(C)C. The number of aromatic nitrogens is 1. The van der Waals surface area contributed by atoms with Crippen LogP contribution in [0.5, 0.6) is 5.88 Å². The van der Waals surface area contributed by atoms with Gasteiger partial charge in [-0.3, -0.25) is 4.90 Å². The van der Waals surface area contributed by atoms with Gasteiger partial charge in [0.15, 0.2) is 5.82 Å². The first-order valence-electron chi connectivity index (χ1n) is 19.5. The summed E-state index contributed by atoms with van der Waals surface area (Å²) in [6.07, 6.45) is 0.335. The second-order valence-corrected chi connectivity index (χ2v) is 16.8. The lowest BCUT2D eigenvalue weighted by Crippen LogP contribution is -2.31. The van der Waals surface area contributed by atoms with Crippen LogP contribution in [-0.4, -0.2) is 53.0 Å². The van der Waals surface area contributed by atoms with Crippen LogP contribution in [0.4, 0.5) is 30.7 Å². The Morgan fingerprint density at radius 2 is 1.77 bits per heavy atom. The van der Waals surface area contributed by atoms with Gasteiger partial charge >= 0.3 is 12.4 Å². The number of likely N-dealkylation sites (N-methyl/N-ethyl adjacent to an activating group) is 1. The van der Waals surface area contributed by atoms with Gasteiger partial charge in [-0.15, -0.1) is 0 Å². The van der Waals surface area contributed by atoms with E-state index in [2.05, 4.69) is 23.0 Å². The number of hydrogen-bond acceptors (Lipinski definition) is 5. The van der Waals surface area contributed by atoms with Gasteiger partial charge in [0.2, 0.25) is 5.88 Å². The highest BCUT2D eigenvalue weighted by Gasteiger charge is 2.51. The average Bonchev–Trinajstić information content (AvgIpc) is 3.75. The number of halogens is 7. The summed E-state index contributed by atoms with van der Waals surface area (Å²) >= 11 is 0. The summed E-state index contributed by atoms with van der Waals surface area (Å²) in [7, 11) is 2.00. The number of fused-ring (bicyclic) bond motifs is 1. The third-order valence-electron chi connectivity index (χ3n) is 11.6. The molecule has 4 rings (SSSR count). The van der Waals surface area contributed by atoms with Gasteiger partial charge in [-0.1, -0.05) is 57.7 Å². The number of ether oxygens (including phenoxy) is 1. The van der Waals surface area contributed by atoms with E-state index in [1.54, 1.807) is 19.9 Å². The highest BCUT2D eigenvalue weighted by atomic mass is 19.4. The van der Waals surface area contributed by atoms with Crippen molar-refractivity contribution in [3.63, 3.8) is 0 Å². The molecule has 2 aromatic rings. The Kier molecular flexibility index (Phi) is 13.8. The predicted molar refractivity (Wildman–Crippen MR) is 216 cm³/mol. The second kappa shape index (κ2) is 17.1. The number of alkyl halides is 6. The number of nitrogens with zero attached hydrogens (tertiary/aromatic N) is 2. The molecule has 2 aliphatic rings. The molecule has 314 valence electrons. The van der Waals surface area contributed by atoms with E-state index in [0.29, 0.717) is 36.0 Å². The summed E-state index contributed by atoms with van der Waals surface area (Å²) in [6.45, 7) is 21.2. The number of pyridine rings is 1. The van der Waals surface area contributed by atoms with Crippen LogP contribution in [0.2, 0.25) is 0 Å². The van der Waals surface area contributed by atoms with Crippen LogP contribution in [0.1, 0.15) is 109 Å². The molecule has 1 saturated carbocycles. The van der Waals surface area contributed by atoms with E-state index in [1.165, 1.54) is 6.08 Å². The van der Waals surface area contributed by atoms with Gasteiger partial charge in [-0.05, 0) is 132 Å². The zero-order chi connectivity index (χ0) is 43.0. The molecule has 1 aromatic carbocycles. The normalized spacial score (nSPS) is 20.2. The first-order chi connectivity index (χ1) is 26.3. The van der Waals surface area contributed by atoms with E-state index < -0.39 is 57.1 Å². The number of aliphatic hydroxyl groups is 1. The number of hydrogen-bond donors (Lipinski definition) is 2. The van der Waals surface area contributed by atoms with Gasteiger partial charge in [-0.25, -0.2) is 9.37 Å². The molecule has 5 nitrogen and oxygen atoms in total. The van der Waals surface area contributed by atoms with Crippen molar-refractivity contribution in [2.45, 2.75) is 118 Å². The van der Waals surface area contributed by atoms with Crippen LogP contribution in [0.15, 0.2) is 65.9 Å². The maximum atomic E-state index is 17.2. The smallest absolute Gasteiger partial charge is 0.417 e. The Morgan fingerprint density at radius 3 is 2.26 bits per heavy atom. The zero-order valence-corrected chi connectivity index (χ0v) is 34.7. The first-order valence-corrected chi connectivity index (χ1v) is 19.5. The molecule has 0 amide bonds. The molecule has 57 heavy (non-hydrogen) atoms. The molecule has 0 bridgehead atoms. The van der Waals surface area contributed by atoms with Gasteiger partial charge < -0.3 is 15.6 Å². The molecule has 1 unspecified atom stereocenters. The Labute approximate surface area is 332 Å². The number of benzene rings is 1. The fourth-order valence-corrected chi connectivity index (χ4v) is 8.33. The van der Waals surface area contributed by atoms with Crippen molar-refractivity contribution in [3.05, 3.63) is 94.0 Å². The van der Waals surface area contributed by atoms with E-state index in [4.69, 9.17) is 10.5 Å². The van der Waals surface area contributed by atoms with Crippen LogP contribution in [-0.2, 0) is 6.18 Å². The maximum Gasteiger partial charge on any atom is 0.417 e. The molecular formula is C45H58F7N3O2. The molecule has 3 N–H and O–H groups in total. The first kappa shape index (κ1) is 45.8. The molecule has 12 heteroatoms. The molecule has 1 saturated heterocycles. The lowest BCUT2D eigenvalue weighted by atomic mass is 9.83. The van der Waals surface area contributed by atoms with E-state index in [9.17, 15) is 18.3 Å². The van der Waals surface area contributed by atoms with Gasteiger partial charge in [0.25, 0.3) is 0 Å². The van der Waals surface area contributed by atoms with E-state index in [-0.39, 0.29) is 46.9 Å². The lowest BCUT2D eigenvalue weighted by molar-refractivity contribution is -0.138. The van der Waals surface area contributed by atoms with Crippen molar-refractivity contribution < 1.29 is 40.6 Å². The van der Waals surface area contributed by atoms with Gasteiger partial charge in [0.1, 0.15) is 12.1 Å². The van der Waals surface area contributed by atoms with Crippen LogP contribution < -0.4 is 10.5 Å². The van der Waals surface area contributed by atoms with Gasteiger partial charge in [0, 0.05) is 34.8 Å². The Balaban J connectivity index is 2.05. The summed E-state index contributed by atoms with van der Waals surface area (Å²) in [4.78, 5) is 6.69. The van der Waals surface area contributed by atoms with Crippen LogP contribution in [0.3, 0.4) is 0 Å². The Bertz CT molecular complexity index is 2000. The molecular weight excluding hydrogens is 748 g/mol. The van der Waals surface area contributed by atoms with Crippen molar-refractivity contribution in [1.29, 1.82) is 0 Å². The van der Waals surface area contributed by atoms with E-state index in [1.807, 2.05) is 40.8 Å². The topological polar surface area (TPSA) is 71.6 Å². The van der Waals surface area contributed by atoms with E-state index >= 15 is 17.6 Å². The minimum atomic E-state index is -5.25. The van der Waals surface area contributed by atoms with Crippen molar-refractivity contribution >= 4 is 22.0 Å². The number of rotatable bonds is 15. The Hall–Kier alpha value is -3.90. The Morgan fingerprint density at radius 1 is 1.14 bits per heavy atom. The highest BCUT2D eigenvalue weighted by molar-refractivity contribution is 5.97. The van der Waals surface area contributed by atoms with Crippen molar-refractivity contribution in [2.75, 3.05) is 20.2 Å². The molecule has 0 radical (unpaired) electrons. The van der Waals surface area contributed by atoms with Crippen molar-refractivity contribution in [1.82, 2.24) is 9.88 Å². The fraction of sp³-hybridized carbons (Fsp3) is 0.533. The number of nitrogens with two attached hydrogens (primary N) is 1. The fourth-order valence-electron chi connectivity index (χ4n) is 8.33. The average molecular weight is 806 g/mol. The maximum absolute atomic E-state index is 17.2. The van der Waals surface area contributed by atoms with Gasteiger partial charge in [-0.2, -0.15) is 26.3 Å². The summed E-state index contributed by atoms with van der Waals surface area (Å²) in [5.74, 6) is -1.54.